The largest absolute Gasteiger partial charge is 0.351 e. The predicted octanol–water partition coefficient (Wildman–Crippen LogP) is 1.98. The summed E-state index contributed by atoms with van der Waals surface area (Å²) in [7, 11) is 0. The molecule has 0 radical (unpaired) electrons. The minimum Gasteiger partial charge on any atom is -0.351 e. The molecule has 1 saturated heterocycles. The SMILES string of the molecule is Cc1cc(C(=O)NCCCN2CCCCCC2)on1. The number of aryl methyl sites for hydroxylation is 1. The summed E-state index contributed by atoms with van der Waals surface area (Å²) in [5.74, 6) is 0.128. The molecule has 1 aromatic rings. The molecule has 1 amide bonds. The van der Waals surface area contributed by atoms with Crippen molar-refractivity contribution >= 4 is 5.91 Å². The molecule has 0 aliphatic carbocycles. The Hall–Kier alpha value is -1.36. The number of carbonyl (C=O) groups is 1. The lowest BCUT2D eigenvalue weighted by molar-refractivity contribution is 0.0914. The van der Waals surface area contributed by atoms with E-state index in [0.29, 0.717) is 12.3 Å². The molecular formula is C14H23N3O2. The Kier molecular flexibility index (Phi) is 5.39. The van der Waals surface area contributed by atoms with Crippen LogP contribution in [0.2, 0.25) is 0 Å². The molecule has 0 atom stereocenters. The number of rotatable bonds is 5. The second-order valence-electron chi connectivity index (χ2n) is 5.20. The fourth-order valence-electron chi connectivity index (χ4n) is 2.42. The summed E-state index contributed by atoms with van der Waals surface area (Å²) in [5.41, 5.74) is 0.731. The zero-order valence-electron chi connectivity index (χ0n) is 11.7. The molecule has 0 aromatic carbocycles. The lowest BCUT2D eigenvalue weighted by Gasteiger charge is -2.19. The molecule has 5 nitrogen and oxygen atoms in total. The Labute approximate surface area is 114 Å². The van der Waals surface area contributed by atoms with Gasteiger partial charge in [0, 0.05) is 12.6 Å². The van der Waals surface area contributed by atoms with Crippen LogP contribution in [0.3, 0.4) is 0 Å². The van der Waals surface area contributed by atoms with Gasteiger partial charge in [-0.3, -0.25) is 4.79 Å². The van der Waals surface area contributed by atoms with Crippen molar-refractivity contribution in [3.8, 4) is 0 Å². The third-order valence-corrected chi connectivity index (χ3v) is 3.49. The molecular weight excluding hydrogens is 242 g/mol. The molecule has 1 aliphatic rings. The molecule has 0 saturated carbocycles. The maximum atomic E-state index is 11.7. The summed E-state index contributed by atoms with van der Waals surface area (Å²) in [5, 5.41) is 6.57. The Morgan fingerprint density at radius 1 is 1.37 bits per heavy atom. The summed E-state index contributed by atoms with van der Waals surface area (Å²) < 4.78 is 4.92. The maximum absolute atomic E-state index is 11.7. The molecule has 2 rings (SSSR count). The van der Waals surface area contributed by atoms with Crippen LogP contribution in [0, 0.1) is 6.92 Å². The summed E-state index contributed by atoms with van der Waals surface area (Å²) >= 11 is 0. The van der Waals surface area contributed by atoms with E-state index in [4.69, 9.17) is 4.52 Å². The smallest absolute Gasteiger partial charge is 0.289 e. The van der Waals surface area contributed by atoms with Crippen molar-refractivity contribution in [3.63, 3.8) is 0 Å². The average Bonchev–Trinajstić information content (AvgIpc) is 2.68. The fourth-order valence-corrected chi connectivity index (χ4v) is 2.42. The van der Waals surface area contributed by atoms with Crippen molar-refractivity contribution in [3.05, 3.63) is 17.5 Å². The first-order chi connectivity index (χ1) is 9.25. The van der Waals surface area contributed by atoms with Crippen LogP contribution < -0.4 is 5.32 Å². The summed E-state index contributed by atoms with van der Waals surface area (Å²) in [6.45, 7) is 5.97. The Morgan fingerprint density at radius 3 is 2.74 bits per heavy atom. The van der Waals surface area contributed by atoms with Gasteiger partial charge in [0.2, 0.25) is 5.76 Å². The third kappa shape index (κ3) is 4.67. The molecule has 0 spiro atoms. The van der Waals surface area contributed by atoms with Gasteiger partial charge in [-0.1, -0.05) is 18.0 Å². The second-order valence-corrected chi connectivity index (χ2v) is 5.20. The van der Waals surface area contributed by atoms with Gasteiger partial charge >= 0.3 is 0 Å². The van der Waals surface area contributed by atoms with Crippen LogP contribution in [-0.2, 0) is 0 Å². The summed E-state index contributed by atoms with van der Waals surface area (Å²) in [6.07, 6.45) is 6.32. The number of hydrogen-bond acceptors (Lipinski definition) is 4. The quantitative estimate of drug-likeness (QED) is 0.827. The molecule has 5 heteroatoms. The number of aromatic nitrogens is 1. The molecule has 19 heavy (non-hydrogen) atoms. The summed E-state index contributed by atoms with van der Waals surface area (Å²) in [6, 6.07) is 1.66. The topological polar surface area (TPSA) is 58.4 Å². The highest BCUT2D eigenvalue weighted by atomic mass is 16.5. The molecule has 0 unspecified atom stereocenters. The lowest BCUT2D eigenvalue weighted by Crippen LogP contribution is -2.30. The first-order valence-electron chi connectivity index (χ1n) is 7.19. The number of likely N-dealkylation sites (tertiary alicyclic amines) is 1. The molecule has 106 valence electrons. The van der Waals surface area contributed by atoms with Crippen molar-refractivity contribution in [1.29, 1.82) is 0 Å². The highest BCUT2D eigenvalue weighted by Crippen LogP contribution is 2.09. The standard InChI is InChI=1S/C14H23N3O2/c1-12-11-13(19-16-12)14(18)15-7-6-10-17-8-4-2-3-5-9-17/h11H,2-10H2,1H3,(H,15,18). The first-order valence-corrected chi connectivity index (χ1v) is 7.19. The third-order valence-electron chi connectivity index (χ3n) is 3.49. The number of hydrogen-bond donors (Lipinski definition) is 1. The van der Waals surface area contributed by atoms with Crippen LogP contribution in [0.25, 0.3) is 0 Å². The first kappa shape index (κ1) is 14.1. The van der Waals surface area contributed by atoms with Gasteiger partial charge < -0.3 is 14.7 Å². The highest BCUT2D eigenvalue weighted by molar-refractivity contribution is 5.91. The van der Waals surface area contributed by atoms with Crippen molar-refractivity contribution < 1.29 is 9.32 Å². The molecule has 1 N–H and O–H groups in total. The van der Waals surface area contributed by atoms with Crippen LogP contribution >= 0.6 is 0 Å². The van der Waals surface area contributed by atoms with Crippen molar-refractivity contribution in [2.45, 2.75) is 39.0 Å². The monoisotopic (exact) mass is 265 g/mol. The van der Waals surface area contributed by atoms with Crippen LogP contribution in [0.1, 0.15) is 48.4 Å². The van der Waals surface area contributed by atoms with E-state index in [-0.39, 0.29) is 5.91 Å². The van der Waals surface area contributed by atoms with Gasteiger partial charge in [-0.15, -0.1) is 0 Å². The van der Waals surface area contributed by atoms with E-state index in [1.807, 2.05) is 0 Å². The Balaban J connectivity index is 1.62. The number of nitrogens with one attached hydrogen (secondary N) is 1. The molecule has 1 aromatic heterocycles. The minimum atomic E-state index is -0.170. The van der Waals surface area contributed by atoms with E-state index in [2.05, 4.69) is 15.4 Å². The normalized spacial score (nSPS) is 17.1. The Morgan fingerprint density at radius 2 is 2.11 bits per heavy atom. The van der Waals surface area contributed by atoms with Gasteiger partial charge in [0.1, 0.15) is 0 Å². The van der Waals surface area contributed by atoms with Gasteiger partial charge in [0.05, 0.1) is 5.69 Å². The number of nitrogens with zero attached hydrogens (tertiary/aromatic N) is 2. The van der Waals surface area contributed by atoms with E-state index in [9.17, 15) is 4.79 Å². The number of amides is 1. The fraction of sp³-hybridized carbons (Fsp3) is 0.714. The maximum Gasteiger partial charge on any atom is 0.289 e. The molecule has 1 aliphatic heterocycles. The number of carbonyl (C=O) groups excluding carboxylic acids is 1. The van der Waals surface area contributed by atoms with Gasteiger partial charge in [-0.05, 0) is 45.8 Å². The minimum absolute atomic E-state index is 0.170. The van der Waals surface area contributed by atoms with Gasteiger partial charge in [0.15, 0.2) is 0 Å². The lowest BCUT2D eigenvalue weighted by atomic mass is 10.2. The van der Waals surface area contributed by atoms with E-state index in [1.165, 1.54) is 38.8 Å². The van der Waals surface area contributed by atoms with Crippen LogP contribution in [0.4, 0.5) is 0 Å². The van der Waals surface area contributed by atoms with Crippen LogP contribution in [-0.4, -0.2) is 42.1 Å². The van der Waals surface area contributed by atoms with Gasteiger partial charge in [-0.2, -0.15) is 0 Å². The van der Waals surface area contributed by atoms with E-state index in [1.54, 1.807) is 13.0 Å². The van der Waals surface area contributed by atoms with Crippen molar-refractivity contribution in [2.75, 3.05) is 26.2 Å². The van der Waals surface area contributed by atoms with E-state index >= 15 is 0 Å². The van der Waals surface area contributed by atoms with E-state index < -0.39 is 0 Å². The van der Waals surface area contributed by atoms with Gasteiger partial charge in [-0.25, -0.2) is 0 Å². The average molecular weight is 265 g/mol. The van der Waals surface area contributed by atoms with E-state index in [0.717, 1.165) is 18.7 Å². The zero-order chi connectivity index (χ0) is 13.5. The van der Waals surface area contributed by atoms with Crippen LogP contribution in [0.5, 0.6) is 0 Å². The van der Waals surface area contributed by atoms with Crippen molar-refractivity contribution in [1.82, 2.24) is 15.4 Å². The zero-order valence-corrected chi connectivity index (χ0v) is 11.7. The van der Waals surface area contributed by atoms with Gasteiger partial charge in [0.25, 0.3) is 5.91 Å². The predicted molar refractivity (Wildman–Crippen MR) is 73.1 cm³/mol. The molecule has 1 fully saturated rings. The molecule has 0 bridgehead atoms. The molecule has 2 heterocycles. The second kappa shape index (κ2) is 7.28. The van der Waals surface area contributed by atoms with Crippen molar-refractivity contribution in [2.24, 2.45) is 0 Å². The van der Waals surface area contributed by atoms with Crippen LogP contribution in [0.15, 0.2) is 10.6 Å². The summed E-state index contributed by atoms with van der Waals surface area (Å²) in [4.78, 5) is 14.2. The Bertz CT molecular complexity index is 395. The highest BCUT2D eigenvalue weighted by Gasteiger charge is 2.11.